The molecular weight excluding hydrogens is 392 g/mol. The minimum atomic E-state index is -3.89. The second-order valence-corrected chi connectivity index (χ2v) is 8.42. The van der Waals surface area contributed by atoms with Crippen LogP contribution in [0.5, 0.6) is 0 Å². The van der Waals surface area contributed by atoms with Crippen molar-refractivity contribution >= 4 is 33.2 Å². The first-order chi connectivity index (χ1) is 12.8. The molecule has 0 saturated heterocycles. The number of esters is 1. The van der Waals surface area contributed by atoms with Crippen molar-refractivity contribution in [2.24, 2.45) is 0 Å². The molecule has 1 aromatic carbocycles. The molecule has 0 radical (unpaired) electrons. The van der Waals surface area contributed by atoms with E-state index in [1.807, 2.05) is 24.4 Å². The molecule has 1 amide bonds. The van der Waals surface area contributed by atoms with Crippen LogP contribution in [0.25, 0.3) is 0 Å². The molecule has 0 unspecified atom stereocenters. The molecule has 1 N–H and O–H groups in total. The van der Waals surface area contributed by atoms with Crippen molar-refractivity contribution in [2.75, 3.05) is 20.8 Å². The van der Waals surface area contributed by atoms with E-state index in [-0.39, 0.29) is 16.5 Å². The fraction of sp³-hybridized carbons (Fsp3) is 0.294. The Labute approximate surface area is 161 Å². The van der Waals surface area contributed by atoms with Gasteiger partial charge in [0.15, 0.2) is 6.61 Å². The number of rotatable bonds is 8. The summed E-state index contributed by atoms with van der Waals surface area (Å²) in [5.74, 6) is -1.25. The maximum atomic E-state index is 12.2. The third-order valence-corrected chi connectivity index (χ3v) is 6.38. The summed E-state index contributed by atoms with van der Waals surface area (Å²) in [5, 5.41) is 4.63. The lowest BCUT2D eigenvalue weighted by Gasteiger charge is -2.15. The summed E-state index contributed by atoms with van der Waals surface area (Å²) < 4.78 is 30.1. The van der Waals surface area contributed by atoms with Gasteiger partial charge < -0.3 is 10.1 Å². The van der Waals surface area contributed by atoms with Crippen LogP contribution < -0.4 is 5.32 Å². The molecule has 0 fully saturated rings. The summed E-state index contributed by atoms with van der Waals surface area (Å²) in [5.41, 5.74) is 0.0136. The molecule has 8 nitrogen and oxygen atoms in total. The number of amides is 1. The number of nitrogens with one attached hydrogen (secondary N) is 1. The molecule has 146 valence electrons. The zero-order valence-electron chi connectivity index (χ0n) is 15.0. The Kier molecular flexibility index (Phi) is 7.08. The quantitative estimate of drug-likeness (QED) is 0.525. The van der Waals surface area contributed by atoms with Crippen LogP contribution in [0.15, 0.2) is 46.7 Å². The molecule has 27 heavy (non-hydrogen) atoms. The molecule has 0 aliphatic carbocycles. The second-order valence-electron chi connectivity index (χ2n) is 5.51. The molecule has 0 spiro atoms. The van der Waals surface area contributed by atoms with E-state index in [2.05, 4.69) is 5.32 Å². The average Bonchev–Trinajstić information content (AvgIpc) is 3.20. The third-order valence-electron chi connectivity index (χ3n) is 3.65. The summed E-state index contributed by atoms with van der Waals surface area (Å²) in [4.78, 5) is 29.6. The number of ether oxygens (including phenoxy) is 1. The van der Waals surface area contributed by atoms with Crippen LogP contribution in [0.4, 0.5) is 0 Å². The van der Waals surface area contributed by atoms with Crippen molar-refractivity contribution in [3.05, 3.63) is 52.2 Å². The van der Waals surface area contributed by atoms with Crippen LogP contribution in [0.1, 0.15) is 28.2 Å². The Bertz CT molecular complexity index is 896. The highest BCUT2D eigenvalue weighted by Gasteiger charge is 2.22. The summed E-state index contributed by atoms with van der Waals surface area (Å²) in [6.07, 6.45) is 0. The fourth-order valence-corrected chi connectivity index (χ4v) is 3.89. The van der Waals surface area contributed by atoms with Gasteiger partial charge in [0.05, 0.1) is 23.6 Å². The molecule has 1 atom stereocenters. The number of nitrogens with zero attached hydrogens (tertiary/aromatic N) is 1. The summed E-state index contributed by atoms with van der Waals surface area (Å²) in [6.45, 7) is 1.36. The number of thiophene rings is 1. The second kappa shape index (κ2) is 9.09. The van der Waals surface area contributed by atoms with Gasteiger partial charge in [0, 0.05) is 11.9 Å². The number of hydrogen-bond acceptors (Lipinski definition) is 7. The first-order valence-electron chi connectivity index (χ1n) is 7.88. The van der Waals surface area contributed by atoms with Crippen molar-refractivity contribution < 1.29 is 27.6 Å². The number of hydroxylamine groups is 1. The Morgan fingerprint density at radius 1 is 1.26 bits per heavy atom. The molecular formula is C17H20N2O6S2. The molecule has 0 aliphatic heterocycles. The third kappa shape index (κ3) is 5.36. The lowest BCUT2D eigenvalue weighted by atomic mass is 10.2. The van der Waals surface area contributed by atoms with Gasteiger partial charge in [-0.3, -0.25) is 9.63 Å². The maximum absolute atomic E-state index is 12.2. The van der Waals surface area contributed by atoms with Gasteiger partial charge in [-0.05, 0) is 36.6 Å². The zero-order valence-corrected chi connectivity index (χ0v) is 16.7. The van der Waals surface area contributed by atoms with Crippen molar-refractivity contribution in [1.29, 1.82) is 0 Å². The molecule has 1 heterocycles. The summed E-state index contributed by atoms with van der Waals surface area (Å²) in [6, 6.07) is 8.88. The van der Waals surface area contributed by atoms with Crippen molar-refractivity contribution in [3.8, 4) is 0 Å². The minimum Gasteiger partial charge on any atom is -0.452 e. The Hall–Kier alpha value is -2.27. The molecule has 0 saturated carbocycles. The van der Waals surface area contributed by atoms with Gasteiger partial charge in [0.2, 0.25) is 0 Å². The van der Waals surface area contributed by atoms with Gasteiger partial charge in [-0.1, -0.05) is 16.6 Å². The van der Waals surface area contributed by atoms with E-state index < -0.39 is 28.5 Å². The van der Waals surface area contributed by atoms with E-state index in [0.717, 1.165) is 4.88 Å². The largest absolute Gasteiger partial charge is 0.452 e. The normalized spacial score (nSPS) is 12.6. The lowest BCUT2D eigenvalue weighted by molar-refractivity contribution is -0.124. The molecule has 2 aromatic rings. The molecule has 2 rings (SSSR count). The fourth-order valence-electron chi connectivity index (χ4n) is 2.14. The topological polar surface area (TPSA) is 102 Å². The van der Waals surface area contributed by atoms with Gasteiger partial charge >= 0.3 is 5.97 Å². The van der Waals surface area contributed by atoms with E-state index >= 15 is 0 Å². The predicted molar refractivity (Wildman–Crippen MR) is 99.6 cm³/mol. The lowest BCUT2D eigenvalue weighted by Crippen LogP contribution is -2.30. The maximum Gasteiger partial charge on any atom is 0.338 e. The molecule has 0 aliphatic rings. The van der Waals surface area contributed by atoms with E-state index in [9.17, 15) is 18.0 Å². The number of carbonyl (C=O) groups is 2. The van der Waals surface area contributed by atoms with Gasteiger partial charge in [-0.25, -0.2) is 13.2 Å². The minimum absolute atomic E-state index is 0.0136. The zero-order chi connectivity index (χ0) is 20.0. The van der Waals surface area contributed by atoms with Crippen molar-refractivity contribution in [2.45, 2.75) is 17.9 Å². The van der Waals surface area contributed by atoms with Gasteiger partial charge in [-0.15, -0.1) is 11.3 Å². The Balaban J connectivity index is 1.98. The van der Waals surface area contributed by atoms with E-state index in [4.69, 9.17) is 9.57 Å². The highest BCUT2D eigenvalue weighted by atomic mass is 32.2. The van der Waals surface area contributed by atoms with E-state index in [1.165, 1.54) is 49.8 Å². The van der Waals surface area contributed by atoms with Crippen molar-refractivity contribution in [1.82, 2.24) is 9.79 Å². The summed E-state index contributed by atoms with van der Waals surface area (Å²) in [7, 11) is -1.44. The smallest absolute Gasteiger partial charge is 0.338 e. The van der Waals surface area contributed by atoms with Crippen LogP contribution in [0.3, 0.4) is 0 Å². The van der Waals surface area contributed by atoms with E-state index in [0.29, 0.717) is 4.47 Å². The van der Waals surface area contributed by atoms with Gasteiger partial charge in [0.1, 0.15) is 0 Å². The molecule has 1 aromatic heterocycles. The Morgan fingerprint density at radius 3 is 2.63 bits per heavy atom. The van der Waals surface area contributed by atoms with Crippen LogP contribution >= 0.6 is 11.3 Å². The monoisotopic (exact) mass is 412 g/mol. The summed E-state index contributed by atoms with van der Waals surface area (Å²) >= 11 is 1.51. The first kappa shape index (κ1) is 21.0. The van der Waals surface area contributed by atoms with Crippen LogP contribution in [-0.4, -0.2) is 45.5 Å². The number of benzene rings is 1. The number of hydrogen-bond donors (Lipinski definition) is 1. The highest BCUT2D eigenvalue weighted by molar-refractivity contribution is 7.89. The molecule has 0 bridgehead atoms. The average molecular weight is 412 g/mol. The standard InChI is InChI=1S/C17H20N2O6S2/c1-12(15-8-5-9-26-15)18-16(20)11-25-17(21)13-6-4-7-14(10-13)27(22,23)19(2)24-3/h4-10,12H,11H2,1-3H3,(H,18,20)/t12-/m1/s1. The Morgan fingerprint density at radius 2 is 2.00 bits per heavy atom. The van der Waals surface area contributed by atoms with Gasteiger partial charge in [-0.2, -0.15) is 0 Å². The van der Waals surface area contributed by atoms with Gasteiger partial charge in [0.25, 0.3) is 15.9 Å². The first-order valence-corrected chi connectivity index (χ1v) is 10.2. The predicted octanol–water partition coefficient (Wildman–Crippen LogP) is 1.96. The SMILES string of the molecule is CON(C)S(=O)(=O)c1cccc(C(=O)OCC(=O)N[C@H](C)c2cccs2)c1. The van der Waals surface area contributed by atoms with Crippen molar-refractivity contribution in [3.63, 3.8) is 0 Å². The number of carbonyl (C=O) groups excluding carboxylic acids is 2. The number of sulfonamides is 1. The van der Waals surface area contributed by atoms with E-state index in [1.54, 1.807) is 0 Å². The molecule has 10 heteroatoms. The van der Waals surface area contributed by atoms with Crippen LogP contribution in [0.2, 0.25) is 0 Å². The van der Waals surface area contributed by atoms with Crippen LogP contribution in [0, 0.1) is 0 Å². The van der Waals surface area contributed by atoms with Crippen LogP contribution in [-0.2, 0) is 24.4 Å². The highest BCUT2D eigenvalue weighted by Crippen LogP contribution is 2.18.